The van der Waals surface area contributed by atoms with Gasteiger partial charge in [-0.1, -0.05) is 18.2 Å². The van der Waals surface area contributed by atoms with Gasteiger partial charge in [-0.15, -0.1) is 6.58 Å². The number of unbranched alkanes of at least 4 members (excludes halogenated alkanes) is 3. The van der Waals surface area contributed by atoms with Crippen LogP contribution in [0, 0.1) is 5.82 Å². The van der Waals surface area contributed by atoms with Gasteiger partial charge in [0.25, 0.3) is 0 Å². The third-order valence-electron chi connectivity index (χ3n) is 2.71. The monoisotopic (exact) mass is 251 g/mol. The summed E-state index contributed by atoms with van der Waals surface area (Å²) >= 11 is 0. The van der Waals surface area contributed by atoms with Crippen LogP contribution in [0.4, 0.5) is 4.39 Å². The van der Waals surface area contributed by atoms with Crippen LogP contribution in [0.5, 0.6) is 5.75 Å². The molecule has 0 amide bonds. The molecule has 0 heterocycles. The smallest absolute Gasteiger partial charge is 0.165 e. The van der Waals surface area contributed by atoms with Gasteiger partial charge < -0.3 is 10.1 Å². The second-order valence-electron chi connectivity index (χ2n) is 4.24. The molecule has 0 aliphatic carbocycles. The van der Waals surface area contributed by atoms with Crippen molar-refractivity contribution in [2.24, 2.45) is 0 Å². The van der Waals surface area contributed by atoms with Gasteiger partial charge >= 0.3 is 0 Å². The largest absolute Gasteiger partial charge is 0.490 e. The Hall–Kier alpha value is -1.35. The van der Waals surface area contributed by atoms with Crippen molar-refractivity contribution in [3.05, 3.63) is 42.2 Å². The standard InChI is InChI=1S/C15H22FNO/c1-3-4-5-6-7-11-18-15-13(12-17-2)9-8-10-14(15)16/h3,8-10,17H,1,4-7,11-12H2,2H3. The zero-order valence-corrected chi connectivity index (χ0v) is 11.0. The molecule has 0 unspecified atom stereocenters. The van der Waals surface area contributed by atoms with E-state index in [1.807, 2.05) is 19.2 Å². The van der Waals surface area contributed by atoms with E-state index in [0.29, 0.717) is 18.9 Å². The molecule has 0 saturated carbocycles. The minimum Gasteiger partial charge on any atom is -0.490 e. The molecule has 1 N–H and O–H groups in total. The highest BCUT2D eigenvalue weighted by molar-refractivity contribution is 5.34. The number of hydrogen-bond donors (Lipinski definition) is 1. The molecule has 0 saturated heterocycles. The van der Waals surface area contributed by atoms with E-state index in [1.165, 1.54) is 6.07 Å². The molecule has 0 aliphatic heterocycles. The maximum absolute atomic E-state index is 13.6. The Morgan fingerprint density at radius 1 is 1.33 bits per heavy atom. The fraction of sp³-hybridized carbons (Fsp3) is 0.467. The third-order valence-corrected chi connectivity index (χ3v) is 2.71. The van der Waals surface area contributed by atoms with Gasteiger partial charge in [-0.25, -0.2) is 4.39 Å². The van der Waals surface area contributed by atoms with Crippen molar-refractivity contribution in [3.63, 3.8) is 0 Å². The molecule has 0 aliphatic rings. The van der Waals surface area contributed by atoms with E-state index < -0.39 is 0 Å². The SMILES string of the molecule is C=CCCCCCOc1c(F)cccc1CNC. The van der Waals surface area contributed by atoms with Crippen LogP contribution in [0.1, 0.15) is 31.2 Å². The number of para-hydroxylation sites is 1. The van der Waals surface area contributed by atoms with Crippen molar-refractivity contribution in [2.75, 3.05) is 13.7 Å². The molecular formula is C15H22FNO. The predicted octanol–water partition coefficient (Wildman–Crippen LogP) is 3.67. The Morgan fingerprint density at radius 3 is 2.89 bits per heavy atom. The first kappa shape index (κ1) is 14.7. The van der Waals surface area contributed by atoms with Crippen LogP contribution in [0.15, 0.2) is 30.9 Å². The van der Waals surface area contributed by atoms with E-state index in [1.54, 1.807) is 6.07 Å². The molecular weight excluding hydrogens is 229 g/mol. The molecule has 0 radical (unpaired) electrons. The van der Waals surface area contributed by atoms with Gasteiger partial charge in [0.2, 0.25) is 0 Å². The zero-order chi connectivity index (χ0) is 13.2. The van der Waals surface area contributed by atoms with Crippen LogP contribution in [-0.2, 0) is 6.54 Å². The minimum atomic E-state index is -0.283. The molecule has 100 valence electrons. The Labute approximate surface area is 109 Å². The topological polar surface area (TPSA) is 21.3 Å². The number of ether oxygens (including phenoxy) is 1. The van der Waals surface area contributed by atoms with Crippen LogP contribution in [0.3, 0.4) is 0 Å². The Bertz CT molecular complexity index is 366. The number of nitrogens with one attached hydrogen (secondary N) is 1. The van der Waals surface area contributed by atoms with Crippen LogP contribution in [-0.4, -0.2) is 13.7 Å². The highest BCUT2D eigenvalue weighted by Crippen LogP contribution is 2.22. The van der Waals surface area contributed by atoms with Crippen molar-refractivity contribution in [3.8, 4) is 5.75 Å². The van der Waals surface area contributed by atoms with E-state index in [4.69, 9.17) is 4.74 Å². The molecule has 3 heteroatoms. The van der Waals surface area contributed by atoms with E-state index in [-0.39, 0.29) is 5.82 Å². The minimum absolute atomic E-state index is 0.283. The van der Waals surface area contributed by atoms with Crippen molar-refractivity contribution in [1.82, 2.24) is 5.32 Å². The Kier molecular flexibility index (Phi) is 7.11. The van der Waals surface area contributed by atoms with Crippen LogP contribution in [0.2, 0.25) is 0 Å². The van der Waals surface area contributed by atoms with E-state index in [9.17, 15) is 4.39 Å². The fourth-order valence-electron chi connectivity index (χ4n) is 1.79. The summed E-state index contributed by atoms with van der Waals surface area (Å²) in [5.74, 6) is 0.101. The van der Waals surface area contributed by atoms with Crippen LogP contribution in [0.25, 0.3) is 0 Å². The van der Waals surface area contributed by atoms with Crippen LogP contribution < -0.4 is 10.1 Å². The highest BCUT2D eigenvalue weighted by Gasteiger charge is 2.08. The highest BCUT2D eigenvalue weighted by atomic mass is 19.1. The predicted molar refractivity (Wildman–Crippen MR) is 73.3 cm³/mol. The van der Waals surface area contributed by atoms with Crippen molar-refractivity contribution in [2.45, 2.75) is 32.2 Å². The van der Waals surface area contributed by atoms with Gasteiger partial charge in [0.05, 0.1) is 6.61 Å². The second-order valence-corrected chi connectivity index (χ2v) is 4.24. The average Bonchev–Trinajstić information content (AvgIpc) is 2.36. The second kappa shape index (κ2) is 8.70. The van der Waals surface area contributed by atoms with Gasteiger partial charge in [0.1, 0.15) is 0 Å². The quantitative estimate of drug-likeness (QED) is 0.534. The Balaban J connectivity index is 2.42. The van der Waals surface area contributed by atoms with Crippen molar-refractivity contribution < 1.29 is 9.13 Å². The molecule has 0 fully saturated rings. The van der Waals surface area contributed by atoms with E-state index in [2.05, 4.69) is 11.9 Å². The lowest BCUT2D eigenvalue weighted by atomic mass is 10.2. The summed E-state index contributed by atoms with van der Waals surface area (Å²) in [4.78, 5) is 0. The van der Waals surface area contributed by atoms with E-state index >= 15 is 0 Å². The summed E-state index contributed by atoms with van der Waals surface area (Å²) in [6.07, 6.45) is 6.10. The Morgan fingerprint density at radius 2 is 2.17 bits per heavy atom. The summed E-state index contributed by atoms with van der Waals surface area (Å²) in [7, 11) is 1.84. The lowest BCUT2D eigenvalue weighted by molar-refractivity contribution is 0.287. The zero-order valence-electron chi connectivity index (χ0n) is 11.0. The van der Waals surface area contributed by atoms with Gasteiger partial charge in [0, 0.05) is 12.1 Å². The lowest BCUT2D eigenvalue weighted by Crippen LogP contribution is -2.09. The fourth-order valence-corrected chi connectivity index (χ4v) is 1.79. The molecule has 1 aromatic carbocycles. The number of benzene rings is 1. The molecule has 18 heavy (non-hydrogen) atoms. The number of hydrogen-bond acceptors (Lipinski definition) is 2. The van der Waals surface area contributed by atoms with Gasteiger partial charge in [-0.2, -0.15) is 0 Å². The lowest BCUT2D eigenvalue weighted by Gasteiger charge is -2.12. The molecule has 0 bridgehead atoms. The third kappa shape index (κ3) is 4.88. The molecule has 1 aromatic rings. The summed E-state index contributed by atoms with van der Waals surface area (Å²) in [6.45, 7) is 4.86. The van der Waals surface area contributed by atoms with Gasteiger partial charge in [-0.3, -0.25) is 0 Å². The van der Waals surface area contributed by atoms with Gasteiger partial charge in [-0.05, 0) is 38.8 Å². The molecule has 0 spiro atoms. The summed E-state index contributed by atoms with van der Waals surface area (Å²) in [5, 5.41) is 3.01. The van der Waals surface area contributed by atoms with Gasteiger partial charge in [0.15, 0.2) is 11.6 Å². The first-order valence-electron chi connectivity index (χ1n) is 6.45. The normalized spacial score (nSPS) is 10.3. The summed E-state index contributed by atoms with van der Waals surface area (Å²) in [6, 6.07) is 5.03. The molecule has 0 aromatic heterocycles. The maximum Gasteiger partial charge on any atom is 0.165 e. The molecule has 0 atom stereocenters. The molecule has 2 nitrogen and oxygen atoms in total. The first-order chi connectivity index (χ1) is 8.79. The summed E-state index contributed by atoms with van der Waals surface area (Å²) in [5.41, 5.74) is 0.864. The number of halogens is 1. The average molecular weight is 251 g/mol. The maximum atomic E-state index is 13.6. The first-order valence-corrected chi connectivity index (χ1v) is 6.45. The van der Waals surface area contributed by atoms with E-state index in [0.717, 1.165) is 31.2 Å². The molecule has 1 rings (SSSR count). The number of rotatable bonds is 9. The van der Waals surface area contributed by atoms with Crippen molar-refractivity contribution in [1.29, 1.82) is 0 Å². The van der Waals surface area contributed by atoms with Crippen molar-refractivity contribution >= 4 is 0 Å². The van der Waals surface area contributed by atoms with Crippen LogP contribution >= 0.6 is 0 Å². The summed E-state index contributed by atoms with van der Waals surface area (Å²) < 4.78 is 19.2. The number of allylic oxidation sites excluding steroid dienone is 1.